The Morgan fingerprint density at radius 3 is 2.39 bits per heavy atom. The van der Waals surface area contributed by atoms with Gasteiger partial charge in [0, 0.05) is 42.5 Å². The predicted octanol–water partition coefficient (Wildman–Crippen LogP) is 5.11. The number of carbonyl (C=O) groups excluding carboxylic acids is 2. The third-order valence-electron chi connectivity index (χ3n) is 5.28. The number of furan rings is 1. The van der Waals surface area contributed by atoms with Crippen molar-refractivity contribution in [2.75, 3.05) is 36.4 Å². The summed E-state index contributed by atoms with van der Waals surface area (Å²) in [6, 6.07) is 14.0. The van der Waals surface area contributed by atoms with Crippen LogP contribution in [-0.2, 0) is 0 Å². The fraction of sp³-hybridized carbons (Fsp3) is 0.217. The number of nitrogens with zero attached hydrogens (tertiary/aromatic N) is 2. The minimum absolute atomic E-state index is 0.106. The molecule has 1 aliphatic heterocycles. The standard InChI is InChI=1S/C23H21Cl2N3O3/c1-15-4-5-16(13-18(15)24)22(29)26-17-6-7-20(19(25)14-17)27-8-10-28(11-9-27)23(30)21-3-2-12-31-21/h2-7,12-14H,8-11H2,1H3,(H,26,29). The lowest BCUT2D eigenvalue weighted by atomic mass is 10.1. The van der Waals surface area contributed by atoms with E-state index in [0.29, 0.717) is 53.2 Å². The molecule has 1 saturated heterocycles. The highest BCUT2D eigenvalue weighted by Gasteiger charge is 2.24. The van der Waals surface area contributed by atoms with Gasteiger partial charge < -0.3 is 19.5 Å². The number of hydrogen-bond acceptors (Lipinski definition) is 4. The fourth-order valence-corrected chi connectivity index (χ4v) is 3.97. The van der Waals surface area contributed by atoms with Gasteiger partial charge in [-0.1, -0.05) is 29.3 Å². The molecule has 31 heavy (non-hydrogen) atoms. The van der Waals surface area contributed by atoms with E-state index >= 15 is 0 Å². The van der Waals surface area contributed by atoms with E-state index in [4.69, 9.17) is 27.6 Å². The summed E-state index contributed by atoms with van der Waals surface area (Å²) in [5.41, 5.74) is 2.86. The van der Waals surface area contributed by atoms with E-state index in [1.165, 1.54) is 6.26 Å². The van der Waals surface area contributed by atoms with Gasteiger partial charge in [-0.15, -0.1) is 0 Å². The number of anilines is 2. The van der Waals surface area contributed by atoms with E-state index in [1.807, 2.05) is 25.1 Å². The molecule has 0 radical (unpaired) electrons. The lowest BCUT2D eigenvalue weighted by molar-refractivity contribution is 0.0714. The highest BCUT2D eigenvalue weighted by atomic mass is 35.5. The zero-order valence-electron chi connectivity index (χ0n) is 16.9. The van der Waals surface area contributed by atoms with Crippen LogP contribution in [0.3, 0.4) is 0 Å². The summed E-state index contributed by atoms with van der Waals surface area (Å²) < 4.78 is 5.20. The van der Waals surface area contributed by atoms with Gasteiger partial charge in [-0.05, 0) is 55.0 Å². The van der Waals surface area contributed by atoms with Gasteiger partial charge in [0.1, 0.15) is 0 Å². The van der Waals surface area contributed by atoms with Crippen LogP contribution >= 0.6 is 23.2 Å². The van der Waals surface area contributed by atoms with E-state index in [9.17, 15) is 9.59 Å². The molecule has 3 aromatic rings. The first-order chi connectivity index (χ1) is 14.9. The van der Waals surface area contributed by atoms with Crippen LogP contribution in [0.15, 0.2) is 59.2 Å². The van der Waals surface area contributed by atoms with Gasteiger partial charge in [0.2, 0.25) is 0 Å². The predicted molar refractivity (Wildman–Crippen MR) is 122 cm³/mol. The smallest absolute Gasteiger partial charge is 0.289 e. The normalized spacial score (nSPS) is 13.9. The first-order valence-corrected chi connectivity index (χ1v) is 10.6. The zero-order chi connectivity index (χ0) is 22.0. The molecule has 1 aliphatic rings. The van der Waals surface area contributed by atoms with E-state index < -0.39 is 0 Å². The number of amides is 2. The molecular weight excluding hydrogens is 437 g/mol. The molecule has 6 nitrogen and oxygen atoms in total. The number of benzene rings is 2. The Morgan fingerprint density at radius 1 is 0.968 bits per heavy atom. The summed E-state index contributed by atoms with van der Waals surface area (Å²) >= 11 is 12.6. The highest BCUT2D eigenvalue weighted by molar-refractivity contribution is 6.33. The molecule has 1 N–H and O–H groups in total. The van der Waals surface area contributed by atoms with Gasteiger partial charge in [-0.3, -0.25) is 9.59 Å². The largest absolute Gasteiger partial charge is 0.459 e. The van der Waals surface area contributed by atoms with Crippen molar-refractivity contribution >= 4 is 46.4 Å². The van der Waals surface area contributed by atoms with Crippen molar-refractivity contribution < 1.29 is 14.0 Å². The Hall–Kier alpha value is -2.96. The molecular formula is C23H21Cl2N3O3. The monoisotopic (exact) mass is 457 g/mol. The van der Waals surface area contributed by atoms with Gasteiger partial charge in [0.05, 0.1) is 17.0 Å². The molecule has 2 amide bonds. The van der Waals surface area contributed by atoms with Crippen molar-refractivity contribution in [3.63, 3.8) is 0 Å². The quantitative estimate of drug-likeness (QED) is 0.590. The number of halogens is 2. The third-order valence-corrected chi connectivity index (χ3v) is 5.99. The van der Waals surface area contributed by atoms with Gasteiger partial charge in [-0.2, -0.15) is 0 Å². The van der Waals surface area contributed by atoms with E-state index in [1.54, 1.807) is 35.2 Å². The number of aryl methyl sites for hydroxylation is 1. The Kier molecular flexibility index (Phi) is 6.20. The molecule has 4 rings (SSSR count). The maximum atomic E-state index is 12.5. The molecule has 0 bridgehead atoms. The summed E-state index contributed by atoms with van der Waals surface area (Å²) in [4.78, 5) is 28.8. The average Bonchev–Trinajstić information content (AvgIpc) is 3.30. The number of piperazine rings is 1. The van der Waals surface area contributed by atoms with Crippen molar-refractivity contribution in [3.8, 4) is 0 Å². The molecule has 2 heterocycles. The minimum Gasteiger partial charge on any atom is -0.459 e. The lowest BCUT2D eigenvalue weighted by Gasteiger charge is -2.36. The second kappa shape index (κ2) is 9.04. The van der Waals surface area contributed by atoms with Gasteiger partial charge >= 0.3 is 0 Å². The van der Waals surface area contributed by atoms with Crippen LogP contribution in [0.2, 0.25) is 10.0 Å². The molecule has 0 atom stereocenters. The zero-order valence-corrected chi connectivity index (χ0v) is 18.4. The van der Waals surface area contributed by atoms with Crippen molar-refractivity contribution in [3.05, 3.63) is 81.7 Å². The second-order valence-corrected chi connectivity index (χ2v) is 8.16. The fourth-order valence-electron chi connectivity index (χ4n) is 3.48. The highest BCUT2D eigenvalue weighted by Crippen LogP contribution is 2.30. The first kappa shape index (κ1) is 21.3. The van der Waals surface area contributed by atoms with Crippen molar-refractivity contribution in [2.24, 2.45) is 0 Å². The number of nitrogens with one attached hydrogen (secondary N) is 1. The molecule has 0 saturated carbocycles. The lowest BCUT2D eigenvalue weighted by Crippen LogP contribution is -2.48. The van der Waals surface area contributed by atoms with Crippen molar-refractivity contribution in [1.82, 2.24) is 4.90 Å². The van der Waals surface area contributed by atoms with E-state index in [0.717, 1.165) is 11.3 Å². The Labute approximate surface area is 190 Å². The molecule has 160 valence electrons. The summed E-state index contributed by atoms with van der Waals surface area (Å²) in [5.74, 6) is -0.0118. The van der Waals surface area contributed by atoms with Gasteiger partial charge in [0.25, 0.3) is 11.8 Å². The molecule has 0 unspecified atom stereocenters. The van der Waals surface area contributed by atoms with Crippen LogP contribution < -0.4 is 10.2 Å². The van der Waals surface area contributed by atoms with E-state index in [-0.39, 0.29) is 11.8 Å². The molecule has 2 aromatic carbocycles. The van der Waals surface area contributed by atoms with Crippen LogP contribution in [0.4, 0.5) is 11.4 Å². The Bertz CT molecular complexity index is 1110. The molecule has 1 fully saturated rings. The number of carbonyl (C=O) groups is 2. The summed E-state index contributed by atoms with van der Waals surface area (Å²) in [6.45, 7) is 4.33. The first-order valence-electron chi connectivity index (χ1n) is 9.87. The Balaban J connectivity index is 1.39. The van der Waals surface area contributed by atoms with Crippen LogP contribution in [0, 0.1) is 6.92 Å². The minimum atomic E-state index is -0.254. The topological polar surface area (TPSA) is 65.8 Å². The van der Waals surface area contributed by atoms with Crippen LogP contribution in [0.25, 0.3) is 0 Å². The second-order valence-electron chi connectivity index (χ2n) is 7.34. The molecule has 1 aromatic heterocycles. The third kappa shape index (κ3) is 4.70. The summed E-state index contributed by atoms with van der Waals surface area (Å²) in [7, 11) is 0. The Morgan fingerprint density at radius 2 is 1.74 bits per heavy atom. The summed E-state index contributed by atoms with van der Waals surface area (Å²) in [5, 5.41) is 3.93. The SMILES string of the molecule is Cc1ccc(C(=O)Nc2ccc(N3CCN(C(=O)c4ccco4)CC3)c(Cl)c2)cc1Cl. The van der Waals surface area contributed by atoms with Gasteiger partial charge in [0.15, 0.2) is 5.76 Å². The molecule has 0 aliphatic carbocycles. The molecule has 0 spiro atoms. The van der Waals surface area contributed by atoms with E-state index in [2.05, 4.69) is 10.2 Å². The average molecular weight is 458 g/mol. The van der Waals surface area contributed by atoms with Crippen LogP contribution in [0.5, 0.6) is 0 Å². The molecule has 8 heteroatoms. The van der Waals surface area contributed by atoms with Crippen molar-refractivity contribution in [1.29, 1.82) is 0 Å². The maximum Gasteiger partial charge on any atom is 0.289 e. The van der Waals surface area contributed by atoms with Crippen LogP contribution in [0.1, 0.15) is 26.5 Å². The van der Waals surface area contributed by atoms with Crippen molar-refractivity contribution in [2.45, 2.75) is 6.92 Å². The van der Waals surface area contributed by atoms with Gasteiger partial charge in [-0.25, -0.2) is 0 Å². The summed E-state index contributed by atoms with van der Waals surface area (Å²) in [6.07, 6.45) is 1.50. The number of rotatable bonds is 4. The number of hydrogen-bond donors (Lipinski definition) is 1. The maximum absolute atomic E-state index is 12.5. The van der Waals surface area contributed by atoms with Crippen LogP contribution in [-0.4, -0.2) is 42.9 Å².